The molecule has 0 aliphatic carbocycles. The second kappa shape index (κ2) is 9.91. The lowest BCUT2D eigenvalue weighted by molar-refractivity contribution is -0.146. The summed E-state index contributed by atoms with van der Waals surface area (Å²) < 4.78 is 85.3. The van der Waals surface area contributed by atoms with Crippen LogP contribution in [0.3, 0.4) is 0 Å². The average molecular weight is 477 g/mol. The zero-order chi connectivity index (χ0) is 24.3. The van der Waals surface area contributed by atoms with Gasteiger partial charge in [0.25, 0.3) is 6.43 Å². The zero-order valence-electron chi connectivity index (χ0n) is 17.4. The number of hydrogen-bond acceptors (Lipinski definition) is 6. The van der Waals surface area contributed by atoms with Crippen LogP contribution in [0.2, 0.25) is 0 Å². The van der Waals surface area contributed by atoms with E-state index in [1.54, 1.807) is 0 Å². The van der Waals surface area contributed by atoms with Gasteiger partial charge in [0.05, 0.1) is 36.2 Å². The van der Waals surface area contributed by atoms with E-state index in [1.807, 2.05) is 0 Å². The molecule has 0 aromatic carbocycles. The standard InChI is InChI=1S/C15H11F6N5.C5H10O2/c1-6(15(19,20)21)8-4-23-10(2-7(8)13(17)18)11-3-9(16)12-5-24-14(22)25-26(11)12;6-5-2-1-3-7-4-5/h2-6,13H,1H3,(H2,22,25);5-6H,1-4H2. The van der Waals surface area contributed by atoms with Crippen molar-refractivity contribution < 1.29 is 36.2 Å². The molecule has 1 aliphatic rings. The Morgan fingerprint density at radius 1 is 1.18 bits per heavy atom. The van der Waals surface area contributed by atoms with Crippen molar-refractivity contribution in [1.82, 2.24) is 19.6 Å². The minimum atomic E-state index is -4.71. The molecule has 3 aromatic rings. The molecule has 2 atom stereocenters. The molecule has 180 valence electrons. The predicted octanol–water partition coefficient (Wildman–Crippen LogP) is 4.27. The number of nitrogen functional groups attached to an aromatic ring is 1. The fourth-order valence-corrected chi connectivity index (χ4v) is 3.22. The van der Waals surface area contributed by atoms with Crippen molar-refractivity contribution in [3.05, 3.63) is 41.5 Å². The third-order valence-electron chi connectivity index (χ3n) is 5.05. The SMILES string of the molecule is CC(c1cnc(-c2cc(F)c3cnc(N)nn23)cc1C(F)F)C(F)(F)F.OC1CCCOC1. The molecule has 0 radical (unpaired) electrons. The number of nitrogens with zero attached hydrogens (tertiary/aromatic N) is 4. The number of nitrogens with two attached hydrogens (primary N) is 1. The van der Waals surface area contributed by atoms with Gasteiger partial charge in [-0.2, -0.15) is 13.2 Å². The molecular formula is C20H21F6N5O2. The van der Waals surface area contributed by atoms with Crippen LogP contribution < -0.4 is 5.73 Å². The zero-order valence-corrected chi connectivity index (χ0v) is 17.4. The van der Waals surface area contributed by atoms with Gasteiger partial charge in [-0.1, -0.05) is 0 Å². The first-order chi connectivity index (χ1) is 15.5. The van der Waals surface area contributed by atoms with E-state index in [-0.39, 0.29) is 29.0 Å². The third-order valence-corrected chi connectivity index (χ3v) is 5.05. The topological polar surface area (TPSA) is 98.6 Å². The minimum absolute atomic E-state index is 0.0419. The summed E-state index contributed by atoms with van der Waals surface area (Å²) in [5.74, 6) is -3.09. The summed E-state index contributed by atoms with van der Waals surface area (Å²) in [5.41, 5.74) is 3.66. The summed E-state index contributed by atoms with van der Waals surface area (Å²) in [7, 11) is 0. The number of alkyl halides is 5. The van der Waals surface area contributed by atoms with E-state index in [9.17, 15) is 26.3 Å². The van der Waals surface area contributed by atoms with Crippen molar-refractivity contribution in [3.8, 4) is 11.4 Å². The Hall–Kier alpha value is -2.93. The molecule has 33 heavy (non-hydrogen) atoms. The van der Waals surface area contributed by atoms with Crippen LogP contribution in [0.4, 0.5) is 32.3 Å². The van der Waals surface area contributed by atoms with Gasteiger partial charge in [0, 0.05) is 24.4 Å². The molecule has 1 saturated heterocycles. The van der Waals surface area contributed by atoms with Crippen LogP contribution in [0.25, 0.3) is 16.9 Å². The molecule has 0 spiro atoms. The van der Waals surface area contributed by atoms with Gasteiger partial charge in [-0.15, -0.1) is 5.10 Å². The van der Waals surface area contributed by atoms with Gasteiger partial charge < -0.3 is 15.6 Å². The van der Waals surface area contributed by atoms with Crippen molar-refractivity contribution in [3.63, 3.8) is 0 Å². The minimum Gasteiger partial charge on any atom is -0.391 e. The maximum Gasteiger partial charge on any atom is 0.395 e. The smallest absolute Gasteiger partial charge is 0.391 e. The number of aliphatic hydroxyl groups excluding tert-OH is 1. The van der Waals surface area contributed by atoms with Crippen LogP contribution in [0.15, 0.2) is 24.5 Å². The second-order valence-electron chi connectivity index (χ2n) is 7.42. The van der Waals surface area contributed by atoms with Crippen LogP contribution >= 0.6 is 0 Å². The Kier molecular flexibility index (Phi) is 7.42. The van der Waals surface area contributed by atoms with Crippen LogP contribution in [0.5, 0.6) is 0 Å². The van der Waals surface area contributed by atoms with Gasteiger partial charge in [0.15, 0.2) is 5.82 Å². The van der Waals surface area contributed by atoms with Gasteiger partial charge in [-0.3, -0.25) is 4.98 Å². The second-order valence-corrected chi connectivity index (χ2v) is 7.42. The van der Waals surface area contributed by atoms with Gasteiger partial charge >= 0.3 is 6.18 Å². The van der Waals surface area contributed by atoms with E-state index < -0.39 is 35.5 Å². The molecule has 0 amide bonds. The highest BCUT2D eigenvalue weighted by molar-refractivity contribution is 5.65. The summed E-state index contributed by atoms with van der Waals surface area (Å²) in [4.78, 5) is 7.42. The number of rotatable bonds is 3. The molecule has 3 N–H and O–H groups in total. The molecule has 1 fully saturated rings. The molecule has 3 aromatic heterocycles. The van der Waals surface area contributed by atoms with Crippen LogP contribution in [0, 0.1) is 5.82 Å². The van der Waals surface area contributed by atoms with Crippen LogP contribution in [-0.4, -0.2) is 50.2 Å². The molecule has 0 bridgehead atoms. The molecule has 7 nitrogen and oxygen atoms in total. The number of anilines is 1. The summed E-state index contributed by atoms with van der Waals surface area (Å²) in [6, 6.07) is 1.76. The predicted molar refractivity (Wildman–Crippen MR) is 106 cm³/mol. The first-order valence-corrected chi connectivity index (χ1v) is 9.89. The maximum atomic E-state index is 14.0. The van der Waals surface area contributed by atoms with Crippen molar-refractivity contribution in [2.45, 2.75) is 44.4 Å². The lowest BCUT2D eigenvalue weighted by Crippen LogP contribution is -2.21. The largest absolute Gasteiger partial charge is 0.395 e. The highest BCUT2D eigenvalue weighted by atomic mass is 19.4. The van der Waals surface area contributed by atoms with E-state index in [4.69, 9.17) is 15.6 Å². The lowest BCUT2D eigenvalue weighted by atomic mass is 9.96. The number of ether oxygens (including phenoxy) is 1. The first kappa shape index (κ1) is 24.7. The van der Waals surface area contributed by atoms with E-state index in [2.05, 4.69) is 15.1 Å². The number of hydrogen-bond donors (Lipinski definition) is 2. The van der Waals surface area contributed by atoms with Crippen molar-refractivity contribution in [2.75, 3.05) is 18.9 Å². The average Bonchev–Trinajstić information content (AvgIpc) is 3.08. The fourth-order valence-electron chi connectivity index (χ4n) is 3.22. The maximum absolute atomic E-state index is 14.0. The first-order valence-electron chi connectivity index (χ1n) is 9.89. The number of pyridine rings is 1. The summed E-state index contributed by atoms with van der Waals surface area (Å²) >= 11 is 0. The number of fused-ring (bicyclic) bond motifs is 1. The Balaban J connectivity index is 0.000000374. The monoisotopic (exact) mass is 477 g/mol. The molecule has 4 heterocycles. The normalized spacial score (nSPS) is 17.7. The van der Waals surface area contributed by atoms with Crippen LogP contribution in [0.1, 0.15) is 43.2 Å². The Labute approximate surface area is 184 Å². The number of aromatic nitrogens is 4. The molecule has 1 aliphatic heterocycles. The van der Waals surface area contributed by atoms with Gasteiger partial charge in [0.2, 0.25) is 5.95 Å². The Bertz CT molecular complexity index is 1100. The van der Waals surface area contributed by atoms with Crippen LogP contribution in [-0.2, 0) is 4.74 Å². The van der Waals surface area contributed by atoms with Gasteiger partial charge in [0.1, 0.15) is 5.52 Å². The van der Waals surface area contributed by atoms with Crippen molar-refractivity contribution >= 4 is 11.5 Å². The van der Waals surface area contributed by atoms with E-state index >= 15 is 0 Å². The molecular weight excluding hydrogens is 456 g/mol. The lowest BCUT2D eigenvalue weighted by Gasteiger charge is -2.19. The van der Waals surface area contributed by atoms with Crippen molar-refractivity contribution in [1.29, 1.82) is 0 Å². The van der Waals surface area contributed by atoms with E-state index in [0.29, 0.717) is 6.61 Å². The molecule has 4 rings (SSSR count). The highest BCUT2D eigenvalue weighted by Crippen LogP contribution is 2.39. The van der Waals surface area contributed by atoms with E-state index in [0.717, 1.165) is 55.4 Å². The number of halogens is 6. The van der Waals surface area contributed by atoms with Gasteiger partial charge in [-0.05, 0) is 31.4 Å². The molecule has 2 unspecified atom stereocenters. The van der Waals surface area contributed by atoms with E-state index in [1.165, 1.54) is 0 Å². The quantitative estimate of drug-likeness (QED) is 0.547. The van der Waals surface area contributed by atoms with Gasteiger partial charge in [-0.25, -0.2) is 22.7 Å². The number of aliphatic hydroxyl groups is 1. The summed E-state index contributed by atoms with van der Waals surface area (Å²) in [6.45, 7) is 2.14. The third kappa shape index (κ3) is 5.71. The fraction of sp³-hybridized carbons (Fsp3) is 0.450. The highest BCUT2D eigenvalue weighted by Gasteiger charge is 2.39. The summed E-state index contributed by atoms with van der Waals surface area (Å²) in [5, 5.41) is 12.6. The molecule has 13 heteroatoms. The Morgan fingerprint density at radius 3 is 2.45 bits per heavy atom. The Morgan fingerprint density at radius 2 is 1.91 bits per heavy atom. The van der Waals surface area contributed by atoms with Crippen molar-refractivity contribution in [2.24, 2.45) is 0 Å². The summed E-state index contributed by atoms with van der Waals surface area (Å²) in [6.07, 6.45) is -4.32. The molecule has 0 saturated carbocycles.